The summed E-state index contributed by atoms with van der Waals surface area (Å²) in [6, 6.07) is 16.5. The number of nitrogens with one attached hydrogen (secondary N) is 1. The molecule has 0 aliphatic carbocycles. The van der Waals surface area contributed by atoms with E-state index in [-0.39, 0.29) is 0 Å². The molecular formula is C24H25N7. The number of aromatic nitrogens is 7. The number of aromatic amines is 1. The van der Waals surface area contributed by atoms with Crippen LogP contribution in [-0.4, -0.2) is 35.4 Å². The molecule has 0 aliphatic rings. The van der Waals surface area contributed by atoms with Crippen LogP contribution in [0.25, 0.3) is 22.5 Å². The van der Waals surface area contributed by atoms with E-state index in [4.69, 9.17) is 16.5 Å². The third-order valence-electron chi connectivity index (χ3n) is 4.99. The van der Waals surface area contributed by atoms with Gasteiger partial charge in [0.05, 0.1) is 6.54 Å². The van der Waals surface area contributed by atoms with Gasteiger partial charge in [-0.2, -0.15) is 10.3 Å². The molecule has 2 aromatic carbocycles. The predicted molar refractivity (Wildman–Crippen MR) is 120 cm³/mol. The summed E-state index contributed by atoms with van der Waals surface area (Å²) in [5.74, 6) is 5.62. The van der Waals surface area contributed by atoms with Gasteiger partial charge in [-0.25, -0.2) is 9.67 Å². The van der Waals surface area contributed by atoms with Gasteiger partial charge in [0.25, 0.3) is 0 Å². The van der Waals surface area contributed by atoms with E-state index in [0.29, 0.717) is 24.7 Å². The third kappa shape index (κ3) is 4.86. The first-order valence-corrected chi connectivity index (χ1v) is 10.4. The highest BCUT2D eigenvalue weighted by Crippen LogP contribution is 2.29. The topological polar surface area (TPSA) is 85.2 Å². The summed E-state index contributed by atoms with van der Waals surface area (Å²) in [5.41, 5.74) is 4.25. The van der Waals surface area contributed by atoms with E-state index < -0.39 is 0 Å². The van der Waals surface area contributed by atoms with E-state index >= 15 is 0 Å². The van der Waals surface area contributed by atoms with Crippen molar-refractivity contribution in [3.8, 4) is 34.9 Å². The summed E-state index contributed by atoms with van der Waals surface area (Å²) in [6.07, 6.45) is 7.72. The molecule has 7 nitrogen and oxygen atoms in total. The maximum atomic E-state index is 5.46. The van der Waals surface area contributed by atoms with Gasteiger partial charge in [0, 0.05) is 24.8 Å². The van der Waals surface area contributed by atoms with Crippen LogP contribution in [0.2, 0.25) is 0 Å². The molecule has 4 rings (SSSR count). The van der Waals surface area contributed by atoms with Gasteiger partial charge >= 0.3 is 0 Å². The quantitative estimate of drug-likeness (QED) is 0.444. The molecule has 0 saturated carbocycles. The monoisotopic (exact) mass is 411 g/mol. The highest BCUT2D eigenvalue weighted by Gasteiger charge is 2.13. The fourth-order valence-electron chi connectivity index (χ4n) is 3.54. The number of benzene rings is 2. The van der Waals surface area contributed by atoms with Gasteiger partial charge in [0.2, 0.25) is 5.82 Å². The van der Waals surface area contributed by atoms with E-state index in [2.05, 4.69) is 70.7 Å². The van der Waals surface area contributed by atoms with Crippen molar-refractivity contribution in [1.82, 2.24) is 35.4 Å². The van der Waals surface area contributed by atoms with Crippen LogP contribution in [0.1, 0.15) is 37.5 Å². The molecule has 0 aliphatic heterocycles. The lowest BCUT2D eigenvalue weighted by Gasteiger charge is -2.09. The molecule has 0 amide bonds. The molecule has 0 fully saturated rings. The normalized spacial score (nSPS) is 11.0. The first-order valence-electron chi connectivity index (χ1n) is 10.4. The second-order valence-corrected chi connectivity index (χ2v) is 7.88. The molecule has 2 heterocycles. The van der Waals surface area contributed by atoms with Gasteiger partial charge < -0.3 is 0 Å². The molecule has 0 radical (unpaired) electrons. The summed E-state index contributed by atoms with van der Waals surface area (Å²) in [4.78, 5) is 4.72. The lowest BCUT2D eigenvalue weighted by atomic mass is 9.98. The van der Waals surface area contributed by atoms with E-state index in [0.717, 1.165) is 46.7 Å². The average molecular weight is 412 g/mol. The SMILES string of the molecule is C#CCCc1nc(CC(C)C)nn1Cc1ccc(-c2ccccc2-c2nn[nH]n2)cc1. The summed E-state index contributed by atoms with van der Waals surface area (Å²) in [6.45, 7) is 5.01. The average Bonchev–Trinajstić information content (AvgIpc) is 3.43. The Morgan fingerprint density at radius 2 is 1.84 bits per heavy atom. The Labute approximate surface area is 181 Å². The van der Waals surface area contributed by atoms with Gasteiger partial charge in [-0.1, -0.05) is 62.4 Å². The zero-order chi connectivity index (χ0) is 21.6. The first-order chi connectivity index (χ1) is 15.1. The molecule has 31 heavy (non-hydrogen) atoms. The van der Waals surface area contributed by atoms with Crippen molar-refractivity contribution in [2.75, 3.05) is 0 Å². The van der Waals surface area contributed by atoms with Crippen LogP contribution in [0.15, 0.2) is 48.5 Å². The minimum atomic E-state index is 0.509. The smallest absolute Gasteiger partial charge is 0.205 e. The highest BCUT2D eigenvalue weighted by molar-refractivity contribution is 5.80. The predicted octanol–water partition coefficient (Wildman–Crippen LogP) is 3.94. The van der Waals surface area contributed by atoms with Crippen molar-refractivity contribution >= 4 is 0 Å². The highest BCUT2D eigenvalue weighted by atomic mass is 15.5. The summed E-state index contributed by atoms with van der Waals surface area (Å²) < 4.78 is 1.98. The molecule has 0 spiro atoms. The Morgan fingerprint density at radius 1 is 1.06 bits per heavy atom. The van der Waals surface area contributed by atoms with Gasteiger partial charge in [-0.3, -0.25) is 0 Å². The lowest BCUT2D eigenvalue weighted by molar-refractivity contribution is 0.596. The summed E-state index contributed by atoms with van der Waals surface area (Å²) in [5, 5.41) is 19.2. The van der Waals surface area contributed by atoms with Crippen molar-refractivity contribution in [1.29, 1.82) is 0 Å². The van der Waals surface area contributed by atoms with Gasteiger partial charge in [0.15, 0.2) is 5.82 Å². The number of H-pyrrole nitrogens is 1. The van der Waals surface area contributed by atoms with Crippen LogP contribution in [0.5, 0.6) is 0 Å². The van der Waals surface area contributed by atoms with Crippen molar-refractivity contribution in [2.45, 2.75) is 39.7 Å². The Hall–Kier alpha value is -3.79. The van der Waals surface area contributed by atoms with E-state index in [1.807, 2.05) is 22.9 Å². The summed E-state index contributed by atoms with van der Waals surface area (Å²) >= 11 is 0. The van der Waals surface area contributed by atoms with Crippen LogP contribution in [-0.2, 0) is 19.4 Å². The second kappa shape index (κ2) is 9.35. The maximum Gasteiger partial charge on any atom is 0.205 e. The van der Waals surface area contributed by atoms with Crippen LogP contribution in [0.3, 0.4) is 0 Å². The molecule has 0 atom stereocenters. The number of aryl methyl sites for hydroxylation is 1. The molecule has 0 saturated heterocycles. The van der Waals surface area contributed by atoms with E-state index in [9.17, 15) is 0 Å². The number of rotatable bonds is 8. The fraction of sp³-hybridized carbons (Fsp3) is 0.292. The molecule has 2 aromatic heterocycles. The molecular weight excluding hydrogens is 386 g/mol. The number of nitrogens with zero attached hydrogens (tertiary/aromatic N) is 6. The molecule has 4 aromatic rings. The standard InChI is InChI=1S/C24H25N7/c1-4-5-10-23-25-22(15-17(2)3)28-31(23)16-18-11-13-19(14-12-18)20-8-6-7-9-21(20)24-26-29-30-27-24/h1,6-9,11-14,17H,5,10,15-16H2,2-3H3,(H,26,27,29,30). The second-order valence-electron chi connectivity index (χ2n) is 7.88. The minimum absolute atomic E-state index is 0.509. The van der Waals surface area contributed by atoms with Gasteiger partial charge in [-0.05, 0) is 27.8 Å². The number of terminal acetylenes is 1. The van der Waals surface area contributed by atoms with Crippen LogP contribution < -0.4 is 0 Å². The van der Waals surface area contributed by atoms with Crippen molar-refractivity contribution < 1.29 is 0 Å². The lowest BCUT2D eigenvalue weighted by Crippen LogP contribution is -2.07. The van der Waals surface area contributed by atoms with Crippen molar-refractivity contribution in [3.05, 3.63) is 65.7 Å². The fourth-order valence-corrected chi connectivity index (χ4v) is 3.54. The molecule has 0 bridgehead atoms. The molecule has 1 N–H and O–H groups in total. The minimum Gasteiger partial charge on any atom is -0.245 e. The van der Waals surface area contributed by atoms with E-state index in [1.165, 1.54) is 0 Å². The third-order valence-corrected chi connectivity index (χ3v) is 4.99. The zero-order valence-corrected chi connectivity index (χ0v) is 17.8. The molecule has 156 valence electrons. The first kappa shape index (κ1) is 20.5. The Bertz CT molecular complexity index is 1170. The zero-order valence-electron chi connectivity index (χ0n) is 17.8. The molecule has 7 heteroatoms. The summed E-state index contributed by atoms with van der Waals surface area (Å²) in [7, 11) is 0. The Balaban J connectivity index is 1.58. The maximum absolute atomic E-state index is 5.46. The van der Waals surface area contributed by atoms with Crippen molar-refractivity contribution in [2.24, 2.45) is 5.92 Å². The number of tetrazole rings is 1. The number of hydrogen-bond donors (Lipinski definition) is 1. The van der Waals surface area contributed by atoms with Crippen molar-refractivity contribution in [3.63, 3.8) is 0 Å². The number of hydrogen-bond acceptors (Lipinski definition) is 5. The molecule has 0 unspecified atom stereocenters. The van der Waals surface area contributed by atoms with E-state index in [1.54, 1.807) is 0 Å². The Morgan fingerprint density at radius 3 is 2.52 bits per heavy atom. The van der Waals surface area contributed by atoms with Crippen LogP contribution >= 0.6 is 0 Å². The van der Waals surface area contributed by atoms with Crippen LogP contribution in [0.4, 0.5) is 0 Å². The van der Waals surface area contributed by atoms with Gasteiger partial charge in [0.1, 0.15) is 5.82 Å². The largest absolute Gasteiger partial charge is 0.245 e. The Kier molecular flexibility index (Phi) is 6.18. The van der Waals surface area contributed by atoms with Crippen LogP contribution in [0, 0.1) is 18.3 Å². The van der Waals surface area contributed by atoms with Gasteiger partial charge in [-0.15, -0.1) is 22.5 Å².